The zero-order valence-electron chi connectivity index (χ0n) is 11.1. The highest BCUT2D eigenvalue weighted by Gasteiger charge is 2.33. The van der Waals surface area contributed by atoms with E-state index in [0.29, 0.717) is 26.1 Å². The summed E-state index contributed by atoms with van der Waals surface area (Å²) in [6, 6.07) is 3.11. The first-order valence-electron chi connectivity index (χ1n) is 6.46. The number of furan rings is 1. The van der Waals surface area contributed by atoms with Gasteiger partial charge in [0, 0.05) is 13.2 Å². The summed E-state index contributed by atoms with van der Waals surface area (Å²) in [5.41, 5.74) is -0.648. The molecule has 0 aromatic carbocycles. The van der Waals surface area contributed by atoms with Crippen LogP contribution in [0.15, 0.2) is 22.8 Å². The van der Waals surface area contributed by atoms with E-state index < -0.39 is 11.4 Å². The molecule has 0 atom stereocenters. The van der Waals surface area contributed by atoms with Crippen molar-refractivity contribution < 1.29 is 23.8 Å². The smallest absolute Gasteiger partial charge is 0.287 e. The maximum Gasteiger partial charge on any atom is 0.287 e. The van der Waals surface area contributed by atoms with Crippen LogP contribution in [0.4, 0.5) is 0 Å². The molecule has 0 radical (unpaired) electrons. The molecule has 1 aromatic rings. The van der Waals surface area contributed by atoms with E-state index in [1.54, 1.807) is 6.07 Å². The van der Waals surface area contributed by atoms with Gasteiger partial charge in [0.1, 0.15) is 0 Å². The molecule has 2 rings (SSSR count). The number of ether oxygens (including phenoxy) is 1. The molecule has 20 heavy (non-hydrogen) atoms. The van der Waals surface area contributed by atoms with Crippen molar-refractivity contribution in [1.82, 2.24) is 10.6 Å². The second-order valence-electron chi connectivity index (χ2n) is 4.76. The lowest BCUT2D eigenvalue weighted by molar-refractivity contribution is -0.124. The molecule has 110 valence electrons. The van der Waals surface area contributed by atoms with Crippen LogP contribution in [0.3, 0.4) is 0 Å². The SMILES string of the molecule is O=C(CNC(=O)c1ccco1)NC1(CO)CCOCC1. The van der Waals surface area contributed by atoms with Crippen LogP contribution in [-0.4, -0.2) is 48.8 Å². The Morgan fingerprint density at radius 2 is 2.10 bits per heavy atom. The highest BCUT2D eigenvalue weighted by atomic mass is 16.5. The Morgan fingerprint density at radius 3 is 2.70 bits per heavy atom. The van der Waals surface area contributed by atoms with Gasteiger partial charge in [0.2, 0.25) is 5.91 Å². The number of rotatable bonds is 5. The molecule has 0 aliphatic carbocycles. The first kappa shape index (κ1) is 14.5. The molecule has 0 bridgehead atoms. The Kier molecular flexibility index (Phi) is 4.75. The molecule has 3 N–H and O–H groups in total. The van der Waals surface area contributed by atoms with Crippen molar-refractivity contribution in [2.24, 2.45) is 0 Å². The third-order valence-electron chi connectivity index (χ3n) is 3.31. The van der Waals surface area contributed by atoms with Crippen LogP contribution >= 0.6 is 0 Å². The molecule has 0 unspecified atom stereocenters. The lowest BCUT2D eigenvalue weighted by Crippen LogP contribution is -2.56. The van der Waals surface area contributed by atoms with Gasteiger partial charge in [0.05, 0.1) is 25.0 Å². The van der Waals surface area contributed by atoms with E-state index in [2.05, 4.69) is 10.6 Å². The molecule has 1 aromatic heterocycles. The van der Waals surface area contributed by atoms with Crippen LogP contribution in [0.25, 0.3) is 0 Å². The lowest BCUT2D eigenvalue weighted by Gasteiger charge is -2.36. The second-order valence-corrected chi connectivity index (χ2v) is 4.76. The number of aliphatic hydroxyl groups is 1. The summed E-state index contributed by atoms with van der Waals surface area (Å²) in [4.78, 5) is 23.4. The van der Waals surface area contributed by atoms with Crippen molar-refractivity contribution in [2.75, 3.05) is 26.4 Å². The second kappa shape index (κ2) is 6.53. The van der Waals surface area contributed by atoms with Crippen LogP contribution in [0.5, 0.6) is 0 Å². The van der Waals surface area contributed by atoms with Crippen molar-refractivity contribution in [2.45, 2.75) is 18.4 Å². The fraction of sp³-hybridized carbons (Fsp3) is 0.538. The lowest BCUT2D eigenvalue weighted by atomic mass is 9.91. The summed E-state index contributed by atoms with van der Waals surface area (Å²) >= 11 is 0. The molecule has 0 saturated carbocycles. The summed E-state index contributed by atoms with van der Waals surface area (Å²) < 4.78 is 10.1. The largest absolute Gasteiger partial charge is 0.459 e. The minimum absolute atomic E-state index is 0.145. The average molecular weight is 282 g/mol. The van der Waals surface area contributed by atoms with E-state index in [0.717, 1.165) is 0 Å². The van der Waals surface area contributed by atoms with E-state index in [4.69, 9.17) is 9.15 Å². The zero-order valence-corrected chi connectivity index (χ0v) is 11.1. The van der Waals surface area contributed by atoms with Gasteiger partial charge in [-0.3, -0.25) is 9.59 Å². The third-order valence-corrected chi connectivity index (χ3v) is 3.31. The first-order chi connectivity index (χ1) is 9.65. The molecular weight excluding hydrogens is 264 g/mol. The van der Waals surface area contributed by atoms with Crippen molar-refractivity contribution in [3.05, 3.63) is 24.2 Å². The van der Waals surface area contributed by atoms with Gasteiger partial charge >= 0.3 is 0 Å². The third kappa shape index (κ3) is 3.58. The Bertz CT molecular complexity index is 451. The highest BCUT2D eigenvalue weighted by molar-refractivity contribution is 5.94. The summed E-state index contributed by atoms with van der Waals surface area (Å²) in [6.45, 7) is 0.690. The number of amides is 2. The molecule has 7 nitrogen and oxygen atoms in total. The maximum absolute atomic E-state index is 11.8. The van der Waals surface area contributed by atoms with Gasteiger partial charge in [-0.25, -0.2) is 0 Å². The summed E-state index contributed by atoms with van der Waals surface area (Å²) in [7, 11) is 0. The molecule has 1 saturated heterocycles. The van der Waals surface area contributed by atoms with Crippen molar-refractivity contribution >= 4 is 11.8 Å². The molecule has 7 heteroatoms. The van der Waals surface area contributed by atoms with Crippen LogP contribution < -0.4 is 10.6 Å². The Morgan fingerprint density at radius 1 is 1.35 bits per heavy atom. The predicted molar refractivity (Wildman–Crippen MR) is 69.1 cm³/mol. The van der Waals surface area contributed by atoms with Crippen LogP contribution in [-0.2, 0) is 9.53 Å². The Balaban J connectivity index is 1.81. The van der Waals surface area contributed by atoms with Gasteiger partial charge in [-0.2, -0.15) is 0 Å². The Labute approximate surface area is 116 Å². The van der Waals surface area contributed by atoms with Crippen molar-refractivity contribution in [3.63, 3.8) is 0 Å². The Hall–Kier alpha value is -1.86. The summed E-state index contributed by atoms with van der Waals surface area (Å²) in [5.74, 6) is -0.642. The van der Waals surface area contributed by atoms with Crippen molar-refractivity contribution in [3.8, 4) is 0 Å². The molecule has 1 aliphatic heterocycles. The maximum atomic E-state index is 11.8. The van der Waals surface area contributed by atoms with E-state index in [9.17, 15) is 14.7 Å². The van der Waals surface area contributed by atoms with Crippen LogP contribution in [0.1, 0.15) is 23.4 Å². The molecule has 2 amide bonds. The molecule has 1 fully saturated rings. The molecule has 0 spiro atoms. The molecular formula is C13H18N2O5. The number of aliphatic hydroxyl groups excluding tert-OH is 1. The molecule has 2 heterocycles. The number of hydrogen-bond donors (Lipinski definition) is 3. The van der Waals surface area contributed by atoms with Crippen LogP contribution in [0.2, 0.25) is 0 Å². The van der Waals surface area contributed by atoms with Gasteiger partial charge in [0.25, 0.3) is 5.91 Å². The summed E-state index contributed by atoms with van der Waals surface area (Å²) in [5, 5.41) is 14.7. The first-order valence-corrected chi connectivity index (χ1v) is 6.46. The van der Waals surface area contributed by atoms with E-state index in [1.807, 2.05) is 0 Å². The average Bonchev–Trinajstić information content (AvgIpc) is 3.00. The summed E-state index contributed by atoms with van der Waals surface area (Å²) in [6.07, 6.45) is 2.50. The van der Waals surface area contributed by atoms with Gasteiger partial charge in [0.15, 0.2) is 5.76 Å². The van der Waals surface area contributed by atoms with Gasteiger partial charge in [-0.05, 0) is 25.0 Å². The standard InChI is InChI=1S/C13H18N2O5/c16-9-13(3-6-19-7-4-13)15-11(17)8-14-12(18)10-2-1-5-20-10/h1-2,5,16H,3-4,6-9H2,(H,14,18)(H,15,17). The van der Waals surface area contributed by atoms with Crippen molar-refractivity contribution in [1.29, 1.82) is 0 Å². The zero-order chi connectivity index (χ0) is 14.4. The highest BCUT2D eigenvalue weighted by Crippen LogP contribution is 2.19. The van der Waals surface area contributed by atoms with Gasteiger partial charge in [-0.1, -0.05) is 0 Å². The number of carbonyl (C=O) groups excluding carboxylic acids is 2. The predicted octanol–water partition coefficient (Wildman–Crippen LogP) is -0.333. The van der Waals surface area contributed by atoms with E-state index in [1.165, 1.54) is 12.3 Å². The molecule has 1 aliphatic rings. The van der Waals surface area contributed by atoms with Gasteiger partial charge < -0.3 is 24.9 Å². The van der Waals surface area contributed by atoms with Gasteiger partial charge in [-0.15, -0.1) is 0 Å². The quantitative estimate of drug-likeness (QED) is 0.686. The fourth-order valence-corrected chi connectivity index (χ4v) is 2.08. The number of nitrogens with one attached hydrogen (secondary N) is 2. The monoisotopic (exact) mass is 282 g/mol. The topological polar surface area (TPSA) is 101 Å². The normalized spacial score (nSPS) is 17.4. The minimum atomic E-state index is -0.648. The number of hydrogen-bond acceptors (Lipinski definition) is 5. The van der Waals surface area contributed by atoms with E-state index in [-0.39, 0.29) is 24.8 Å². The number of carbonyl (C=O) groups is 2. The van der Waals surface area contributed by atoms with Crippen LogP contribution in [0, 0.1) is 0 Å². The van der Waals surface area contributed by atoms with E-state index >= 15 is 0 Å². The fourth-order valence-electron chi connectivity index (χ4n) is 2.08. The minimum Gasteiger partial charge on any atom is -0.459 e.